The highest BCUT2D eigenvalue weighted by molar-refractivity contribution is 9.11. The molecule has 0 fully saturated rings. The van der Waals surface area contributed by atoms with Crippen LogP contribution in [0.15, 0.2) is 44.4 Å². The summed E-state index contributed by atoms with van der Waals surface area (Å²) >= 11 is 7.84. The van der Waals surface area contributed by atoms with Gasteiger partial charge in [0.1, 0.15) is 4.21 Å². The summed E-state index contributed by atoms with van der Waals surface area (Å²) < 4.78 is 27.8. The van der Waals surface area contributed by atoms with E-state index in [2.05, 4.69) is 36.6 Å². The van der Waals surface area contributed by atoms with Crippen molar-refractivity contribution in [1.82, 2.24) is 4.72 Å². The van der Waals surface area contributed by atoms with Gasteiger partial charge in [-0.2, -0.15) is 0 Å². The summed E-state index contributed by atoms with van der Waals surface area (Å²) in [5, 5.41) is 0.755. The number of alkyl halides is 1. The van der Waals surface area contributed by atoms with Gasteiger partial charge in [0.2, 0.25) is 10.0 Å². The SMILES string of the molecule is O=S(=O)(NCc1cccc(CBr)c1)c1ccc(Br)s1. The quantitative estimate of drug-likeness (QED) is 0.740. The molecule has 1 aromatic carbocycles. The van der Waals surface area contributed by atoms with E-state index >= 15 is 0 Å². The van der Waals surface area contributed by atoms with Crippen molar-refractivity contribution >= 4 is 53.2 Å². The average molecular weight is 425 g/mol. The van der Waals surface area contributed by atoms with Crippen molar-refractivity contribution in [3.8, 4) is 0 Å². The second-order valence-corrected chi connectivity index (χ2v) is 8.85. The molecule has 0 saturated carbocycles. The van der Waals surface area contributed by atoms with Gasteiger partial charge in [-0.15, -0.1) is 11.3 Å². The van der Waals surface area contributed by atoms with Crippen molar-refractivity contribution in [3.05, 3.63) is 51.3 Å². The number of rotatable bonds is 5. The van der Waals surface area contributed by atoms with Crippen LogP contribution in [-0.4, -0.2) is 8.42 Å². The largest absolute Gasteiger partial charge is 0.250 e. The van der Waals surface area contributed by atoms with Crippen molar-refractivity contribution in [1.29, 1.82) is 0 Å². The molecule has 2 rings (SSSR count). The molecule has 0 aliphatic heterocycles. The van der Waals surface area contributed by atoms with Gasteiger partial charge in [0.25, 0.3) is 0 Å². The fraction of sp³-hybridized carbons (Fsp3) is 0.167. The Bertz CT molecular complexity index is 668. The summed E-state index contributed by atoms with van der Waals surface area (Å²) in [5.74, 6) is 0. The van der Waals surface area contributed by atoms with Crippen LogP contribution in [0, 0.1) is 0 Å². The van der Waals surface area contributed by atoms with E-state index in [0.29, 0.717) is 10.8 Å². The highest BCUT2D eigenvalue weighted by atomic mass is 79.9. The fourth-order valence-electron chi connectivity index (χ4n) is 1.51. The summed E-state index contributed by atoms with van der Waals surface area (Å²) in [5.41, 5.74) is 2.06. The monoisotopic (exact) mass is 423 g/mol. The molecule has 0 unspecified atom stereocenters. The van der Waals surface area contributed by atoms with Gasteiger partial charge in [0, 0.05) is 11.9 Å². The first kappa shape index (κ1) is 15.2. The first-order chi connectivity index (χ1) is 9.01. The Balaban J connectivity index is 2.09. The average Bonchev–Trinajstić information content (AvgIpc) is 2.84. The normalized spacial score (nSPS) is 11.7. The van der Waals surface area contributed by atoms with Crippen molar-refractivity contribution in [3.63, 3.8) is 0 Å². The van der Waals surface area contributed by atoms with Crippen LogP contribution in [0.2, 0.25) is 0 Å². The third-order valence-corrected chi connectivity index (χ3v) is 6.59. The van der Waals surface area contributed by atoms with Gasteiger partial charge in [0.15, 0.2) is 0 Å². The molecular weight excluding hydrogens is 414 g/mol. The molecule has 1 N–H and O–H groups in total. The molecule has 0 aliphatic carbocycles. The number of halogens is 2. The predicted octanol–water partition coefficient (Wildman–Crippen LogP) is 3.88. The number of thiophene rings is 1. The Morgan fingerprint density at radius 2 is 1.89 bits per heavy atom. The maximum atomic E-state index is 12.0. The van der Waals surface area contributed by atoms with Crippen LogP contribution < -0.4 is 4.72 Å². The molecule has 7 heteroatoms. The first-order valence-electron chi connectivity index (χ1n) is 5.40. The van der Waals surface area contributed by atoms with Crippen LogP contribution in [0.4, 0.5) is 0 Å². The van der Waals surface area contributed by atoms with Gasteiger partial charge in [-0.05, 0) is 39.2 Å². The Morgan fingerprint density at radius 1 is 1.16 bits per heavy atom. The number of hydrogen-bond donors (Lipinski definition) is 1. The predicted molar refractivity (Wildman–Crippen MR) is 85.1 cm³/mol. The molecule has 0 spiro atoms. The van der Waals surface area contributed by atoms with E-state index in [9.17, 15) is 8.42 Å². The zero-order valence-corrected chi connectivity index (χ0v) is 14.6. The Kier molecular flexibility index (Phi) is 5.19. The molecule has 1 aromatic heterocycles. The molecular formula is C12H11Br2NO2S2. The Labute approximate surface area is 133 Å². The fourth-order valence-corrected chi connectivity index (χ4v) is 4.94. The summed E-state index contributed by atoms with van der Waals surface area (Å²) in [4.78, 5) is 0. The third-order valence-electron chi connectivity index (χ3n) is 2.43. The molecule has 0 radical (unpaired) electrons. The maximum Gasteiger partial charge on any atom is 0.250 e. The maximum absolute atomic E-state index is 12.0. The molecule has 3 nitrogen and oxygen atoms in total. The smallest absolute Gasteiger partial charge is 0.206 e. The van der Waals surface area contributed by atoms with Crippen molar-refractivity contribution in [2.24, 2.45) is 0 Å². The second kappa shape index (κ2) is 6.49. The molecule has 0 bridgehead atoms. The number of hydrogen-bond acceptors (Lipinski definition) is 3. The van der Waals surface area contributed by atoms with E-state index in [-0.39, 0.29) is 0 Å². The number of nitrogens with one attached hydrogen (secondary N) is 1. The van der Waals surface area contributed by atoms with Gasteiger partial charge < -0.3 is 0 Å². The number of benzene rings is 1. The Hall–Kier alpha value is -0.210. The molecule has 0 amide bonds. The first-order valence-corrected chi connectivity index (χ1v) is 9.61. The molecule has 19 heavy (non-hydrogen) atoms. The molecule has 0 atom stereocenters. The highest BCUT2D eigenvalue weighted by Crippen LogP contribution is 2.25. The standard InChI is InChI=1S/C12H11Br2NO2S2/c13-7-9-2-1-3-10(6-9)8-15-19(16,17)12-5-4-11(14)18-12/h1-6,15H,7-8H2. The van der Waals surface area contributed by atoms with Crippen LogP contribution in [0.3, 0.4) is 0 Å². The van der Waals surface area contributed by atoms with Crippen LogP contribution >= 0.6 is 43.2 Å². The van der Waals surface area contributed by atoms with Gasteiger partial charge in [-0.25, -0.2) is 13.1 Å². The minimum Gasteiger partial charge on any atom is -0.206 e. The van der Waals surface area contributed by atoms with E-state index in [1.165, 1.54) is 11.3 Å². The minimum atomic E-state index is -3.43. The van der Waals surface area contributed by atoms with Crippen molar-refractivity contribution < 1.29 is 8.42 Å². The van der Waals surface area contributed by atoms with Gasteiger partial charge in [0.05, 0.1) is 3.79 Å². The lowest BCUT2D eigenvalue weighted by Crippen LogP contribution is -2.22. The van der Waals surface area contributed by atoms with Crippen molar-refractivity contribution in [2.45, 2.75) is 16.1 Å². The summed E-state index contributed by atoms with van der Waals surface area (Å²) in [7, 11) is -3.43. The van der Waals surface area contributed by atoms with Crippen LogP contribution in [0.25, 0.3) is 0 Å². The molecule has 2 aromatic rings. The van der Waals surface area contributed by atoms with Gasteiger partial charge >= 0.3 is 0 Å². The number of sulfonamides is 1. The minimum absolute atomic E-state index is 0.290. The van der Waals surface area contributed by atoms with E-state index in [0.717, 1.165) is 20.2 Å². The summed E-state index contributed by atoms with van der Waals surface area (Å²) in [6, 6.07) is 11.1. The third kappa shape index (κ3) is 4.13. The molecule has 102 valence electrons. The molecule has 0 saturated heterocycles. The van der Waals surface area contributed by atoms with Crippen LogP contribution in [-0.2, 0) is 21.9 Å². The summed E-state index contributed by atoms with van der Waals surface area (Å²) in [6.07, 6.45) is 0. The van der Waals surface area contributed by atoms with E-state index < -0.39 is 10.0 Å². The second-order valence-electron chi connectivity index (χ2n) is 3.84. The van der Waals surface area contributed by atoms with Crippen LogP contribution in [0.5, 0.6) is 0 Å². The Morgan fingerprint density at radius 3 is 2.53 bits per heavy atom. The summed E-state index contributed by atoms with van der Waals surface area (Å²) in [6.45, 7) is 0.290. The lowest BCUT2D eigenvalue weighted by Gasteiger charge is -2.06. The van der Waals surface area contributed by atoms with Crippen molar-refractivity contribution in [2.75, 3.05) is 0 Å². The van der Waals surface area contributed by atoms with Gasteiger partial charge in [-0.1, -0.05) is 40.2 Å². The highest BCUT2D eigenvalue weighted by Gasteiger charge is 2.15. The van der Waals surface area contributed by atoms with Crippen LogP contribution in [0.1, 0.15) is 11.1 Å². The zero-order chi connectivity index (χ0) is 13.9. The lowest BCUT2D eigenvalue weighted by atomic mass is 10.1. The lowest BCUT2D eigenvalue weighted by molar-refractivity contribution is 0.583. The molecule has 0 aliphatic rings. The zero-order valence-electron chi connectivity index (χ0n) is 9.77. The van der Waals surface area contributed by atoms with E-state index in [1.807, 2.05) is 24.3 Å². The van der Waals surface area contributed by atoms with E-state index in [1.54, 1.807) is 12.1 Å². The topological polar surface area (TPSA) is 46.2 Å². The van der Waals surface area contributed by atoms with E-state index in [4.69, 9.17) is 0 Å². The van der Waals surface area contributed by atoms with Gasteiger partial charge in [-0.3, -0.25) is 0 Å². The molecule has 1 heterocycles.